The van der Waals surface area contributed by atoms with Crippen LogP contribution in [-0.4, -0.2) is 34.6 Å². The van der Waals surface area contributed by atoms with E-state index in [1.165, 1.54) is 6.07 Å². The number of methoxy groups -OCH3 is 1. The van der Waals surface area contributed by atoms with Crippen molar-refractivity contribution in [2.24, 2.45) is 0 Å². The summed E-state index contributed by atoms with van der Waals surface area (Å²) in [7, 11) is 1.55. The Balaban J connectivity index is 1.62. The van der Waals surface area contributed by atoms with Gasteiger partial charge in [-0.15, -0.1) is 0 Å². The van der Waals surface area contributed by atoms with Crippen molar-refractivity contribution in [3.05, 3.63) is 24.0 Å². The molecule has 1 aromatic heterocycles. The second-order valence-corrected chi connectivity index (χ2v) is 5.56. The van der Waals surface area contributed by atoms with Gasteiger partial charge in [-0.05, 0) is 31.4 Å². The minimum Gasteiger partial charge on any atom is -0.507 e. The molecule has 2 saturated heterocycles. The summed E-state index contributed by atoms with van der Waals surface area (Å²) in [6, 6.07) is 4.99. The molecule has 2 fully saturated rings. The Morgan fingerprint density at radius 1 is 1.33 bits per heavy atom. The Labute approximate surface area is 121 Å². The standard InChI is InChI=1S/C15H16N2O4/c1-19-8-2-4-10(12(18)7-8)15-16-14(17-21-15)11-6-9-3-5-13(11)20-9/h2,4,7,9,11,13,18H,3,5-6H2,1H3. The molecule has 3 unspecified atom stereocenters. The smallest absolute Gasteiger partial charge is 0.261 e. The third-order valence-corrected chi connectivity index (χ3v) is 4.31. The van der Waals surface area contributed by atoms with Crippen LogP contribution in [0.25, 0.3) is 11.5 Å². The average molecular weight is 288 g/mol. The van der Waals surface area contributed by atoms with Crippen LogP contribution in [0.4, 0.5) is 0 Å². The zero-order valence-corrected chi connectivity index (χ0v) is 11.7. The molecule has 21 heavy (non-hydrogen) atoms. The lowest BCUT2D eigenvalue weighted by atomic mass is 9.89. The van der Waals surface area contributed by atoms with Gasteiger partial charge in [0.1, 0.15) is 11.5 Å². The Hall–Kier alpha value is -2.08. The van der Waals surface area contributed by atoms with Crippen LogP contribution in [0, 0.1) is 0 Å². The molecule has 1 N–H and O–H groups in total. The summed E-state index contributed by atoms with van der Waals surface area (Å²) in [5, 5.41) is 14.1. The highest BCUT2D eigenvalue weighted by Gasteiger charge is 2.43. The van der Waals surface area contributed by atoms with Gasteiger partial charge in [0.2, 0.25) is 0 Å². The van der Waals surface area contributed by atoms with Gasteiger partial charge in [0.15, 0.2) is 5.82 Å². The fraction of sp³-hybridized carbons (Fsp3) is 0.467. The number of ether oxygens (including phenoxy) is 2. The highest BCUT2D eigenvalue weighted by atomic mass is 16.5. The number of aromatic hydroxyl groups is 1. The predicted octanol–water partition coefficient (Wildman–Crippen LogP) is 2.49. The fourth-order valence-electron chi connectivity index (χ4n) is 3.22. The predicted molar refractivity (Wildman–Crippen MR) is 73.2 cm³/mol. The van der Waals surface area contributed by atoms with Crippen LogP contribution in [0.15, 0.2) is 22.7 Å². The molecule has 0 radical (unpaired) electrons. The van der Waals surface area contributed by atoms with Crippen molar-refractivity contribution in [2.75, 3.05) is 7.11 Å². The zero-order valence-electron chi connectivity index (χ0n) is 11.7. The lowest BCUT2D eigenvalue weighted by Gasteiger charge is -2.13. The number of phenolic OH excluding ortho intramolecular Hbond substituents is 1. The first kappa shape index (κ1) is 12.6. The monoisotopic (exact) mass is 288 g/mol. The van der Waals surface area contributed by atoms with Gasteiger partial charge in [0.25, 0.3) is 5.89 Å². The maximum absolute atomic E-state index is 10.0. The summed E-state index contributed by atoms with van der Waals surface area (Å²) in [6.07, 6.45) is 3.71. The third kappa shape index (κ3) is 2.06. The molecular weight excluding hydrogens is 272 g/mol. The number of hydrogen-bond acceptors (Lipinski definition) is 6. The van der Waals surface area contributed by atoms with Gasteiger partial charge < -0.3 is 19.1 Å². The van der Waals surface area contributed by atoms with Gasteiger partial charge in [-0.25, -0.2) is 0 Å². The third-order valence-electron chi connectivity index (χ3n) is 4.31. The van der Waals surface area contributed by atoms with Crippen molar-refractivity contribution >= 4 is 0 Å². The van der Waals surface area contributed by atoms with E-state index in [1.807, 2.05) is 0 Å². The number of aromatic nitrogens is 2. The van der Waals surface area contributed by atoms with Gasteiger partial charge in [-0.3, -0.25) is 0 Å². The van der Waals surface area contributed by atoms with Crippen molar-refractivity contribution in [3.8, 4) is 23.0 Å². The van der Waals surface area contributed by atoms with Gasteiger partial charge >= 0.3 is 0 Å². The molecule has 2 bridgehead atoms. The first-order valence-electron chi connectivity index (χ1n) is 7.11. The van der Waals surface area contributed by atoms with Crippen LogP contribution < -0.4 is 4.74 Å². The Morgan fingerprint density at radius 2 is 2.24 bits per heavy atom. The Bertz CT molecular complexity index is 669. The number of benzene rings is 1. The lowest BCUT2D eigenvalue weighted by molar-refractivity contribution is 0.0996. The van der Waals surface area contributed by atoms with Gasteiger partial charge in [-0.2, -0.15) is 4.98 Å². The fourth-order valence-corrected chi connectivity index (χ4v) is 3.22. The van der Waals surface area contributed by atoms with Crippen LogP contribution in [0.3, 0.4) is 0 Å². The van der Waals surface area contributed by atoms with Crippen molar-refractivity contribution in [3.63, 3.8) is 0 Å². The van der Waals surface area contributed by atoms with E-state index in [9.17, 15) is 5.11 Å². The van der Waals surface area contributed by atoms with E-state index in [1.54, 1.807) is 19.2 Å². The molecule has 0 saturated carbocycles. The Kier molecular flexibility index (Phi) is 2.85. The van der Waals surface area contributed by atoms with E-state index < -0.39 is 0 Å². The molecular formula is C15H16N2O4. The molecule has 0 aliphatic carbocycles. The second-order valence-electron chi connectivity index (χ2n) is 5.56. The van der Waals surface area contributed by atoms with Gasteiger partial charge in [-0.1, -0.05) is 5.16 Å². The minimum atomic E-state index is 0.0637. The second kappa shape index (κ2) is 4.73. The van der Waals surface area contributed by atoms with E-state index >= 15 is 0 Å². The molecule has 2 aliphatic heterocycles. The largest absolute Gasteiger partial charge is 0.507 e. The molecule has 6 nitrogen and oxygen atoms in total. The van der Waals surface area contributed by atoms with Crippen LogP contribution in [-0.2, 0) is 4.74 Å². The lowest BCUT2D eigenvalue weighted by Crippen LogP contribution is -2.15. The molecule has 3 atom stereocenters. The molecule has 6 heteroatoms. The molecule has 1 aromatic carbocycles. The highest BCUT2D eigenvalue weighted by molar-refractivity contribution is 5.63. The van der Waals surface area contributed by atoms with Crippen LogP contribution >= 0.6 is 0 Å². The van der Waals surface area contributed by atoms with Crippen LogP contribution in [0.2, 0.25) is 0 Å². The number of nitrogens with zero attached hydrogens (tertiary/aromatic N) is 2. The molecule has 3 heterocycles. The van der Waals surface area contributed by atoms with Crippen LogP contribution in [0.1, 0.15) is 31.0 Å². The topological polar surface area (TPSA) is 77.6 Å². The van der Waals surface area contributed by atoms with E-state index in [2.05, 4.69) is 10.1 Å². The highest BCUT2D eigenvalue weighted by Crippen LogP contribution is 2.44. The maximum Gasteiger partial charge on any atom is 0.261 e. The van der Waals surface area contributed by atoms with E-state index in [0.717, 1.165) is 19.3 Å². The normalized spacial score (nSPS) is 27.2. The molecule has 110 valence electrons. The van der Waals surface area contributed by atoms with E-state index in [0.29, 0.717) is 29.1 Å². The quantitative estimate of drug-likeness (QED) is 0.935. The molecule has 2 aliphatic rings. The summed E-state index contributed by atoms with van der Waals surface area (Å²) in [4.78, 5) is 4.44. The zero-order chi connectivity index (χ0) is 14.4. The summed E-state index contributed by atoms with van der Waals surface area (Å²) < 4.78 is 16.2. The van der Waals surface area contributed by atoms with Crippen molar-refractivity contribution < 1.29 is 19.1 Å². The van der Waals surface area contributed by atoms with Crippen molar-refractivity contribution in [1.82, 2.24) is 10.1 Å². The first-order chi connectivity index (χ1) is 10.2. The molecule has 0 amide bonds. The SMILES string of the molecule is COc1ccc(-c2nc(C3CC4CCC3O4)no2)c(O)c1. The van der Waals surface area contributed by atoms with Crippen molar-refractivity contribution in [2.45, 2.75) is 37.4 Å². The summed E-state index contributed by atoms with van der Waals surface area (Å²) in [6.45, 7) is 0. The maximum atomic E-state index is 10.0. The molecule has 2 aromatic rings. The number of phenols is 1. The molecule has 4 rings (SSSR count). The summed E-state index contributed by atoms with van der Waals surface area (Å²) in [5.74, 6) is 1.85. The first-order valence-corrected chi connectivity index (χ1v) is 7.11. The van der Waals surface area contributed by atoms with Gasteiger partial charge in [0.05, 0.1) is 30.8 Å². The number of rotatable bonds is 3. The van der Waals surface area contributed by atoms with E-state index in [-0.39, 0.29) is 17.8 Å². The van der Waals surface area contributed by atoms with E-state index in [4.69, 9.17) is 14.0 Å². The van der Waals surface area contributed by atoms with Crippen molar-refractivity contribution in [1.29, 1.82) is 0 Å². The summed E-state index contributed by atoms with van der Waals surface area (Å²) >= 11 is 0. The average Bonchev–Trinajstić information content (AvgIpc) is 3.22. The Morgan fingerprint density at radius 3 is 2.90 bits per heavy atom. The summed E-state index contributed by atoms with van der Waals surface area (Å²) in [5.41, 5.74) is 0.513. The number of fused-ring (bicyclic) bond motifs is 2. The number of hydrogen-bond donors (Lipinski definition) is 1. The minimum absolute atomic E-state index is 0.0637. The van der Waals surface area contributed by atoms with Crippen LogP contribution in [0.5, 0.6) is 11.5 Å². The molecule has 0 spiro atoms. The van der Waals surface area contributed by atoms with Gasteiger partial charge in [0, 0.05) is 6.07 Å².